The molecule has 10 heteroatoms. The van der Waals surface area contributed by atoms with E-state index in [0.717, 1.165) is 23.2 Å². The highest BCUT2D eigenvalue weighted by Gasteiger charge is 2.12. The van der Waals surface area contributed by atoms with E-state index in [1.54, 1.807) is 6.21 Å². The van der Waals surface area contributed by atoms with Gasteiger partial charge in [0.25, 0.3) is 5.95 Å². The van der Waals surface area contributed by atoms with Crippen LogP contribution in [0.15, 0.2) is 89.1 Å². The van der Waals surface area contributed by atoms with Gasteiger partial charge in [0.2, 0.25) is 11.1 Å². The number of para-hydroxylation sites is 1. The van der Waals surface area contributed by atoms with Crippen LogP contribution in [-0.4, -0.2) is 32.7 Å². The molecule has 0 fully saturated rings. The van der Waals surface area contributed by atoms with Gasteiger partial charge in [0.15, 0.2) is 0 Å². The summed E-state index contributed by atoms with van der Waals surface area (Å²) < 4.78 is 7.21. The van der Waals surface area contributed by atoms with Crippen LogP contribution in [0, 0.1) is 0 Å². The van der Waals surface area contributed by atoms with Crippen LogP contribution in [-0.2, 0) is 11.4 Å². The molecule has 0 aliphatic carbocycles. The molecule has 1 unspecified atom stereocenters. The van der Waals surface area contributed by atoms with Crippen molar-refractivity contribution in [2.75, 3.05) is 22.3 Å². The van der Waals surface area contributed by atoms with Crippen molar-refractivity contribution in [1.29, 1.82) is 0 Å². The third-order valence-electron chi connectivity index (χ3n) is 5.90. The van der Waals surface area contributed by atoms with Crippen molar-refractivity contribution in [3.05, 3.63) is 95.6 Å². The van der Waals surface area contributed by atoms with Crippen LogP contribution in [0.25, 0.3) is 0 Å². The summed E-state index contributed by atoms with van der Waals surface area (Å²) in [5.41, 5.74) is 6.67. The van der Waals surface area contributed by atoms with Crippen LogP contribution in [0.3, 0.4) is 0 Å². The number of nitrogen functional groups attached to an aromatic ring is 1. The summed E-state index contributed by atoms with van der Waals surface area (Å²) in [5.74, 6) is 7.51. The molecular weight excluding hydrogens is 498 g/mol. The van der Waals surface area contributed by atoms with Gasteiger partial charge in [-0.05, 0) is 47.7 Å². The lowest BCUT2D eigenvalue weighted by molar-refractivity contribution is -0.113. The predicted molar refractivity (Wildman–Crippen MR) is 153 cm³/mol. The minimum atomic E-state index is -0.158. The van der Waals surface area contributed by atoms with Gasteiger partial charge in [-0.25, -0.2) is 10.1 Å². The first-order valence-corrected chi connectivity index (χ1v) is 13.3. The number of nitrogens with two attached hydrogens (primary N) is 1. The number of carbonyl (C=O) groups is 1. The molecular formula is C28H31N7O2S. The minimum absolute atomic E-state index is 0.137. The molecule has 0 saturated carbocycles. The van der Waals surface area contributed by atoms with Gasteiger partial charge >= 0.3 is 0 Å². The van der Waals surface area contributed by atoms with Gasteiger partial charge in [0.05, 0.1) is 12.0 Å². The Labute approximate surface area is 226 Å². The van der Waals surface area contributed by atoms with Crippen LogP contribution in [0.5, 0.6) is 5.75 Å². The van der Waals surface area contributed by atoms with Crippen molar-refractivity contribution in [2.24, 2.45) is 5.10 Å². The summed E-state index contributed by atoms with van der Waals surface area (Å²) in [4.78, 5) is 12.4. The first-order chi connectivity index (χ1) is 18.5. The Morgan fingerprint density at radius 1 is 1.08 bits per heavy atom. The fourth-order valence-electron chi connectivity index (χ4n) is 3.52. The smallest absolute Gasteiger partial charge is 0.264 e. The van der Waals surface area contributed by atoms with E-state index < -0.39 is 0 Å². The van der Waals surface area contributed by atoms with Gasteiger partial charge in [0.1, 0.15) is 12.4 Å². The molecule has 4 aromatic rings. The lowest BCUT2D eigenvalue weighted by Gasteiger charge is -2.10. The minimum Gasteiger partial charge on any atom is -0.488 e. The number of amides is 1. The SMILES string of the molecule is CCC(C)c1ccc(NC(=O)CSc2nnc(N/N=C/c3ccccc3OCc3ccccc3)n2N)cc1. The van der Waals surface area contributed by atoms with Crippen molar-refractivity contribution in [3.63, 3.8) is 0 Å². The first kappa shape index (κ1) is 26.7. The molecule has 1 aromatic heterocycles. The molecule has 1 amide bonds. The number of ether oxygens (including phenoxy) is 1. The van der Waals surface area contributed by atoms with Gasteiger partial charge in [-0.2, -0.15) is 5.10 Å². The standard InChI is InChI=1S/C28H31N7O2S/c1-3-20(2)22-13-15-24(16-14-22)31-26(36)19-38-28-34-33-27(35(28)29)32-30-17-23-11-7-8-12-25(23)37-18-21-9-5-4-6-10-21/h4-17,20H,3,18-19,29H2,1-2H3,(H,31,36)(H,32,33)/b30-17+. The molecule has 0 aliphatic rings. The summed E-state index contributed by atoms with van der Waals surface area (Å²) >= 11 is 1.18. The van der Waals surface area contributed by atoms with E-state index in [0.29, 0.717) is 23.4 Å². The molecule has 0 bridgehead atoms. The number of anilines is 2. The van der Waals surface area contributed by atoms with Crippen molar-refractivity contribution in [1.82, 2.24) is 14.9 Å². The maximum atomic E-state index is 12.4. The summed E-state index contributed by atoms with van der Waals surface area (Å²) in [6.45, 7) is 4.79. The van der Waals surface area contributed by atoms with Crippen molar-refractivity contribution in [3.8, 4) is 5.75 Å². The number of nitrogens with zero attached hydrogens (tertiary/aromatic N) is 4. The zero-order chi connectivity index (χ0) is 26.7. The number of thioether (sulfide) groups is 1. The summed E-state index contributed by atoms with van der Waals surface area (Å²) in [7, 11) is 0. The Hall–Kier alpha value is -4.31. The third kappa shape index (κ3) is 7.36. The van der Waals surface area contributed by atoms with Gasteiger partial charge in [-0.1, -0.05) is 80.2 Å². The van der Waals surface area contributed by atoms with Crippen LogP contribution in [0.2, 0.25) is 0 Å². The molecule has 9 nitrogen and oxygen atoms in total. The molecule has 4 rings (SSSR count). The van der Waals surface area contributed by atoms with Gasteiger partial charge in [0, 0.05) is 11.3 Å². The van der Waals surface area contributed by atoms with Gasteiger partial charge < -0.3 is 15.9 Å². The summed E-state index contributed by atoms with van der Waals surface area (Å²) in [6, 6.07) is 25.5. The maximum Gasteiger partial charge on any atom is 0.264 e. The number of carbonyl (C=O) groups excluding carboxylic acids is 1. The van der Waals surface area contributed by atoms with E-state index in [1.807, 2.05) is 78.9 Å². The summed E-state index contributed by atoms with van der Waals surface area (Å²) in [6.07, 6.45) is 2.70. The molecule has 3 aromatic carbocycles. The molecule has 0 spiro atoms. The van der Waals surface area contributed by atoms with Gasteiger partial charge in [-0.3, -0.25) is 4.79 Å². The third-order valence-corrected chi connectivity index (χ3v) is 6.84. The van der Waals surface area contributed by atoms with Crippen LogP contribution in [0.1, 0.15) is 42.9 Å². The Morgan fingerprint density at radius 3 is 2.58 bits per heavy atom. The van der Waals surface area contributed by atoms with Crippen molar-refractivity contribution in [2.45, 2.75) is 37.9 Å². The van der Waals surface area contributed by atoms with Gasteiger partial charge in [-0.15, -0.1) is 10.2 Å². The molecule has 1 heterocycles. The average Bonchev–Trinajstić information content (AvgIpc) is 3.30. The fraction of sp³-hybridized carbons (Fsp3) is 0.214. The first-order valence-electron chi connectivity index (χ1n) is 12.3. The van der Waals surface area contributed by atoms with E-state index >= 15 is 0 Å². The van der Waals surface area contributed by atoms with Crippen LogP contribution in [0.4, 0.5) is 11.6 Å². The second-order valence-electron chi connectivity index (χ2n) is 8.63. The van der Waals surface area contributed by atoms with Crippen LogP contribution >= 0.6 is 11.8 Å². The van der Waals surface area contributed by atoms with E-state index in [9.17, 15) is 4.79 Å². The second-order valence-corrected chi connectivity index (χ2v) is 9.57. The Balaban J connectivity index is 1.28. The fourth-order valence-corrected chi connectivity index (χ4v) is 4.18. The number of hydrazone groups is 1. The van der Waals surface area contributed by atoms with E-state index in [4.69, 9.17) is 10.6 Å². The van der Waals surface area contributed by atoms with Crippen molar-refractivity contribution >= 4 is 35.5 Å². The van der Waals surface area contributed by atoms with E-state index in [2.05, 4.69) is 39.9 Å². The number of aromatic nitrogens is 3. The molecule has 0 saturated heterocycles. The number of benzene rings is 3. The van der Waals surface area contributed by atoms with Crippen molar-refractivity contribution < 1.29 is 9.53 Å². The number of hydrogen-bond acceptors (Lipinski definition) is 8. The highest BCUT2D eigenvalue weighted by Crippen LogP contribution is 2.22. The summed E-state index contributed by atoms with van der Waals surface area (Å²) in [5, 5.41) is 15.6. The van der Waals surface area contributed by atoms with E-state index in [1.165, 1.54) is 22.0 Å². The Bertz CT molecular complexity index is 1360. The molecule has 38 heavy (non-hydrogen) atoms. The molecule has 196 valence electrons. The number of nitrogens with one attached hydrogen (secondary N) is 2. The zero-order valence-corrected chi connectivity index (χ0v) is 22.2. The number of hydrogen-bond donors (Lipinski definition) is 3. The normalized spacial score (nSPS) is 11.8. The molecule has 0 radical (unpaired) electrons. The molecule has 4 N–H and O–H groups in total. The largest absolute Gasteiger partial charge is 0.488 e. The van der Waals surface area contributed by atoms with Crippen LogP contribution < -0.4 is 21.3 Å². The monoisotopic (exact) mass is 529 g/mol. The highest BCUT2D eigenvalue weighted by atomic mass is 32.2. The zero-order valence-electron chi connectivity index (χ0n) is 21.4. The number of rotatable bonds is 12. The quantitative estimate of drug-likeness (QED) is 0.0991. The lowest BCUT2D eigenvalue weighted by Crippen LogP contribution is -2.17. The van der Waals surface area contributed by atoms with E-state index in [-0.39, 0.29) is 17.6 Å². The molecule has 0 aliphatic heterocycles. The predicted octanol–water partition coefficient (Wildman–Crippen LogP) is 5.26. The lowest BCUT2D eigenvalue weighted by atomic mass is 9.99. The Morgan fingerprint density at radius 2 is 1.82 bits per heavy atom. The highest BCUT2D eigenvalue weighted by molar-refractivity contribution is 7.99. The molecule has 1 atom stereocenters. The Kier molecular flexibility index (Phi) is 9.36. The maximum absolute atomic E-state index is 12.4. The topological polar surface area (TPSA) is 119 Å². The second kappa shape index (κ2) is 13.3. The average molecular weight is 530 g/mol.